The molecule has 0 spiro atoms. The maximum atomic E-state index is 13.0. The number of nitrogens with one attached hydrogen (secondary N) is 1. The SMILES string of the molecule is C.CNC(=O)C1=c2s/c(=C\C(=O)OC)c(=O)n2C(N)=C(C#N)C1c1ccc(OC)cc1OC. The summed E-state index contributed by atoms with van der Waals surface area (Å²) < 4.78 is 16.6. The van der Waals surface area contributed by atoms with Crippen molar-refractivity contribution in [2.75, 3.05) is 28.4 Å². The number of hydrogen-bond donors (Lipinski definition) is 2. The number of carbonyl (C=O) groups excluding carboxylic acids is 2. The monoisotopic (exact) mass is 472 g/mol. The summed E-state index contributed by atoms with van der Waals surface area (Å²) in [6.07, 6.45) is 1.02. The molecule has 1 amide bonds. The number of amides is 1. The van der Waals surface area contributed by atoms with E-state index in [0.717, 1.165) is 22.0 Å². The van der Waals surface area contributed by atoms with Crippen LogP contribution >= 0.6 is 11.3 Å². The van der Waals surface area contributed by atoms with Crippen molar-refractivity contribution in [1.82, 2.24) is 9.88 Å². The lowest BCUT2D eigenvalue weighted by Gasteiger charge is -2.26. The molecule has 10 nitrogen and oxygen atoms in total. The van der Waals surface area contributed by atoms with Crippen molar-refractivity contribution in [2.45, 2.75) is 13.3 Å². The summed E-state index contributed by atoms with van der Waals surface area (Å²) in [5, 5.41) is 12.5. The number of carbonyl (C=O) groups is 2. The predicted octanol–water partition coefficient (Wildman–Crippen LogP) is -0.138. The molecule has 0 saturated carbocycles. The topological polar surface area (TPSA) is 146 Å². The van der Waals surface area contributed by atoms with Crippen LogP contribution in [0.25, 0.3) is 17.5 Å². The van der Waals surface area contributed by atoms with Gasteiger partial charge in [0.2, 0.25) is 0 Å². The van der Waals surface area contributed by atoms with E-state index in [1.807, 2.05) is 6.07 Å². The molecule has 11 heteroatoms. The van der Waals surface area contributed by atoms with Crippen LogP contribution in [0, 0.1) is 11.3 Å². The zero-order chi connectivity index (χ0) is 23.6. The molecule has 0 fully saturated rings. The van der Waals surface area contributed by atoms with E-state index < -0.39 is 23.4 Å². The van der Waals surface area contributed by atoms with Crippen LogP contribution in [0.1, 0.15) is 18.9 Å². The minimum atomic E-state index is -0.926. The van der Waals surface area contributed by atoms with E-state index in [1.165, 1.54) is 28.4 Å². The van der Waals surface area contributed by atoms with E-state index in [9.17, 15) is 19.6 Å². The predicted molar refractivity (Wildman–Crippen MR) is 124 cm³/mol. The van der Waals surface area contributed by atoms with Gasteiger partial charge >= 0.3 is 5.97 Å². The number of benzene rings is 1. The van der Waals surface area contributed by atoms with Gasteiger partial charge in [0.05, 0.1) is 44.5 Å². The lowest BCUT2D eigenvalue weighted by atomic mass is 9.83. The van der Waals surface area contributed by atoms with Gasteiger partial charge in [0.1, 0.15) is 26.5 Å². The Kier molecular flexibility index (Phi) is 7.68. The number of nitriles is 1. The summed E-state index contributed by atoms with van der Waals surface area (Å²) in [6.45, 7) is 0. The van der Waals surface area contributed by atoms with Gasteiger partial charge in [-0.05, 0) is 6.07 Å². The van der Waals surface area contributed by atoms with Crippen molar-refractivity contribution < 1.29 is 23.8 Å². The highest BCUT2D eigenvalue weighted by atomic mass is 32.1. The van der Waals surface area contributed by atoms with Gasteiger partial charge in [-0.1, -0.05) is 13.5 Å². The molecule has 1 aliphatic rings. The highest BCUT2D eigenvalue weighted by Gasteiger charge is 2.36. The Hall–Kier alpha value is -4.04. The Bertz CT molecular complexity index is 1360. The number of aromatic nitrogens is 1. The molecule has 3 N–H and O–H groups in total. The first-order valence-electron chi connectivity index (χ1n) is 9.22. The second-order valence-corrected chi connectivity index (χ2v) is 7.55. The van der Waals surface area contributed by atoms with Gasteiger partial charge in [-0.3, -0.25) is 14.2 Å². The van der Waals surface area contributed by atoms with Gasteiger partial charge in [0.25, 0.3) is 11.5 Å². The number of thiazole rings is 1. The molecule has 33 heavy (non-hydrogen) atoms. The van der Waals surface area contributed by atoms with E-state index in [-0.39, 0.29) is 33.6 Å². The van der Waals surface area contributed by atoms with Crippen molar-refractivity contribution >= 4 is 40.7 Å². The number of hydrogen-bond acceptors (Lipinski definition) is 9. The Morgan fingerprint density at radius 1 is 1.27 bits per heavy atom. The molecule has 0 bridgehead atoms. The summed E-state index contributed by atoms with van der Waals surface area (Å²) in [6, 6.07) is 6.98. The number of esters is 1. The van der Waals surface area contributed by atoms with Crippen LogP contribution < -0.4 is 35.3 Å². The third kappa shape index (κ3) is 4.20. The molecule has 0 radical (unpaired) electrons. The number of nitrogens with two attached hydrogens (primary N) is 1. The smallest absolute Gasteiger partial charge is 0.332 e. The van der Waals surface area contributed by atoms with Gasteiger partial charge < -0.3 is 25.3 Å². The van der Waals surface area contributed by atoms with Crippen molar-refractivity contribution in [3.63, 3.8) is 0 Å². The zero-order valence-electron chi connectivity index (χ0n) is 17.7. The Labute approximate surface area is 193 Å². The minimum Gasteiger partial charge on any atom is -0.497 e. The van der Waals surface area contributed by atoms with Crippen molar-refractivity contribution in [3.05, 3.63) is 48.9 Å². The largest absolute Gasteiger partial charge is 0.497 e. The molecule has 1 aromatic heterocycles. The van der Waals surface area contributed by atoms with Crippen molar-refractivity contribution in [2.24, 2.45) is 5.73 Å². The molecule has 0 saturated heterocycles. The van der Waals surface area contributed by atoms with Crippen molar-refractivity contribution in [1.29, 1.82) is 5.26 Å². The fourth-order valence-electron chi connectivity index (χ4n) is 3.44. The van der Waals surface area contributed by atoms with Crippen LogP contribution in [0.4, 0.5) is 0 Å². The van der Waals surface area contributed by atoms with Gasteiger partial charge in [-0.15, -0.1) is 11.3 Å². The average molecular weight is 473 g/mol. The minimum absolute atomic E-state index is 0. The fraction of sp³-hybridized carbons (Fsp3) is 0.273. The number of methoxy groups -OCH3 is 3. The molecule has 3 rings (SSSR count). The van der Waals surface area contributed by atoms with Gasteiger partial charge in [-0.2, -0.15) is 5.26 Å². The van der Waals surface area contributed by atoms with Crippen molar-refractivity contribution in [3.8, 4) is 17.6 Å². The maximum absolute atomic E-state index is 13.0. The molecule has 1 unspecified atom stereocenters. The zero-order valence-corrected chi connectivity index (χ0v) is 18.5. The normalized spacial score (nSPS) is 15.2. The molecule has 0 aliphatic carbocycles. The first-order chi connectivity index (χ1) is 15.3. The Balaban J connectivity index is 0.00000385. The third-order valence-electron chi connectivity index (χ3n) is 4.94. The van der Waals surface area contributed by atoms with E-state index in [0.29, 0.717) is 17.1 Å². The summed E-state index contributed by atoms with van der Waals surface area (Å²) >= 11 is 0.900. The molecule has 1 atom stereocenters. The first-order valence-corrected chi connectivity index (χ1v) is 10.0. The molecular weight excluding hydrogens is 448 g/mol. The summed E-state index contributed by atoms with van der Waals surface area (Å²) in [5.74, 6) is -1.44. The van der Waals surface area contributed by atoms with E-state index >= 15 is 0 Å². The van der Waals surface area contributed by atoms with E-state index in [4.69, 9.17) is 15.2 Å². The quantitative estimate of drug-likeness (QED) is 0.572. The lowest BCUT2D eigenvalue weighted by molar-refractivity contribution is -0.133. The summed E-state index contributed by atoms with van der Waals surface area (Å²) in [5.41, 5.74) is 6.20. The Morgan fingerprint density at radius 3 is 2.52 bits per heavy atom. The Morgan fingerprint density at radius 2 is 1.97 bits per heavy atom. The number of rotatable bonds is 5. The first kappa shape index (κ1) is 25.2. The standard InChI is InChI=1S/C21H20N4O6S.CH4/c1-24-19(27)17-16(11-6-5-10(29-2)7-13(11)30-3)12(9-22)18(23)25-20(28)14(32-21(17)25)8-15(26)31-4;/h5-8,16H,23H2,1-4H3,(H,24,27);1H4/b14-8-;. The van der Waals surface area contributed by atoms with Crippen LogP contribution in [0.15, 0.2) is 28.6 Å². The molecular formula is C22H24N4O6S. The molecule has 1 aliphatic heterocycles. The number of allylic oxidation sites excluding steroid dienone is 1. The van der Waals surface area contributed by atoms with Gasteiger partial charge in [-0.25, -0.2) is 4.79 Å². The van der Waals surface area contributed by atoms with E-state index in [2.05, 4.69) is 10.1 Å². The summed E-state index contributed by atoms with van der Waals surface area (Å²) in [4.78, 5) is 37.7. The van der Waals surface area contributed by atoms with Gasteiger partial charge in [0, 0.05) is 24.8 Å². The highest BCUT2D eigenvalue weighted by molar-refractivity contribution is 7.07. The molecule has 2 heterocycles. The van der Waals surface area contributed by atoms with Gasteiger partial charge in [0.15, 0.2) is 0 Å². The second kappa shape index (κ2) is 10.1. The van der Waals surface area contributed by atoms with E-state index in [1.54, 1.807) is 18.2 Å². The maximum Gasteiger partial charge on any atom is 0.332 e. The number of fused-ring (bicyclic) bond motifs is 1. The highest BCUT2D eigenvalue weighted by Crippen LogP contribution is 2.41. The lowest BCUT2D eigenvalue weighted by Crippen LogP contribution is -2.41. The second-order valence-electron chi connectivity index (χ2n) is 6.52. The number of nitrogens with zero attached hydrogens (tertiary/aromatic N) is 2. The number of ether oxygens (including phenoxy) is 3. The average Bonchev–Trinajstić information content (AvgIpc) is 3.13. The molecule has 1 aromatic carbocycles. The molecule has 174 valence electrons. The summed E-state index contributed by atoms with van der Waals surface area (Å²) in [7, 11) is 5.56. The van der Waals surface area contributed by atoms with Crippen LogP contribution in [-0.2, 0) is 14.3 Å². The molecule has 2 aromatic rings. The van der Waals surface area contributed by atoms with Crippen LogP contribution in [0.2, 0.25) is 0 Å². The third-order valence-corrected chi connectivity index (χ3v) is 6.05. The van der Waals surface area contributed by atoms with Crippen LogP contribution in [-0.4, -0.2) is 44.8 Å². The fourth-order valence-corrected chi connectivity index (χ4v) is 4.57. The van der Waals surface area contributed by atoms with Crippen LogP contribution in [0.5, 0.6) is 11.5 Å². The van der Waals surface area contributed by atoms with Crippen LogP contribution in [0.3, 0.4) is 0 Å².